The van der Waals surface area contributed by atoms with Crippen molar-refractivity contribution in [3.8, 4) is 0 Å². The van der Waals surface area contributed by atoms with Crippen LogP contribution in [0.1, 0.15) is 6.42 Å². The molecule has 0 aliphatic rings. The second kappa shape index (κ2) is 6.40. The smallest absolute Gasteiger partial charge is 0.319 e. The molecule has 0 fully saturated rings. The summed E-state index contributed by atoms with van der Waals surface area (Å²) in [5.41, 5.74) is 0.602. The molecule has 0 atom stereocenters. The number of hydrogen-bond acceptors (Lipinski definition) is 1. The number of hydrogen-bond donors (Lipinski definition) is 2. The topological polar surface area (TPSA) is 41.1 Å². The van der Waals surface area contributed by atoms with Crippen LogP contribution in [0.5, 0.6) is 0 Å². The fourth-order valence-corrected chi connectivity index (χ4v) is 1.34. The third-order valence-electron chi connectivity index (χ3n) is 1.81. The molecule has 0 radical (unpaired) electrons. The van der Waals surface area contributed by atoms with Gasteiger partial charge in [-0.15, -0.1) is 6.58 Å². The number of anilines is 1. The zero-order valence-corrected chi connectivity index (χ0v) is 10.1. The van der Waals surface area contributed by atoms with Gasteiger partial charge in [-0.05, 0) is 24.6 Å². The Kier molecular flexibility index (Phi) is 5.15. The number of urea groups is 1. The Bertz CT molecular complexity index is 394. The number of rotatable bonds is 4. The first-order valence-corrected chi connectivity index (χ1v) is 5.50. The van der Waals surface area contributed by atoms with Crippen molar-refractivity contribution >= 4 is 34.9 Å². The fourth-order valence-electron chi connectivity index (χ4n) is 1.04. The highest BCUT2D eigenvalue weighted by atomic mass is 35.5. The molecule has 1 aromatic rings. The van der Waals surface area contributed by atoms with Crippen LogP contribution >= 0.6 is 23.2 Å². The van der Waals surface area contributed by atoms with E-state index in [1.165, 1.54) is 0 Å². The molecular formula is C11H12Cl2N2O. The van der Waals surface area contributed by atoms with Crippen LogP contribution in [-0.4, -0.2) is 12.6 Å². The maximum atomic E-state index is 11.4. The van der Waals surface area contributed by atoms with Crippen molar-refractivity contribution in [3.63, 3.8) is 0 Å². The maximum Gasteiger partial charge on any atom is 0.319 e. The zero-order valence-electron chi connectivity index (χ0n) is 8.59. The van der Waals surface area contributed by atoms with Gasteiger partial charge in [0.1, 0.15) is 0 Å². The van der Waals surface area contributed by atoms with Crippen LogP contribution in [0, 0.1) is 0 Å². The van der Waals surface area contributed by atoms with E-state index in [0.29, 0.717) is 22.3 Å². The van der Waals surface area contributed by atoms with Crippen molar-refractivity contribution in [2.45, 2.75) is 6.42 Å². The molecule has 0 saturated carbocycles. The molecule has 86 valence electrons. The number of nitrogens with one attached hydrogen (secondary N) is 2. The van der Waals surface area contributed by atoms with Crippen molar-refractivity contribution < 1.29 is 4.79 Å². The van der Waals surface area contributed by atoms with Crippen LogP contribution in [0.3, 0.4) is 0 Å². The summed E-state index contributed by atoms with van der Waals surface area (Å²) in [6, 6.07) is 4.63. The summed E-state index contributed by atoms with van der Waals surface area (Å²) in [5, 5.41) is 6.18. The van der Waals surface area contributed by atoms with Gasteiger partial charge in [0.05, 0.1) is 10.0 Å². The quantitative estimate of drug-likeness (QED) is 0.628. The average molecular weight is 259 g/mol. The molecular weight excluding hydrogens is 247 g/mol. The summed E-state index contributed by atoms with van der Waals surface area (Å²) >= 11 is 11.6. The van der Waals surface area contributed by atoms with Crippen LogP contribution in [0.4, 0.5) is 10.5 Å². The van der Waals surface area contributed by atoms with E-state index in [-0.39, 0.29) is 6.03 Å². The van der Waals surface area contributed by atoms with Gasteiger partial charge in [-0.2, -0.15) is 0 Å². The van der Waals surface area contributed by atoms with Crippen molar-refractivity contribution in [3.05, 3.63) is 40.9 Å². The van der Waals surface area contributed by atoms with Gasteiger partial charge in [0, 0.05) is 12.2 Å². The Morgan fingerprint density at radius 3 is 2.75 bits per heavy atom. The molecule has 16 heavy (non-hydrogen) atoms. The van der Waals surface area contributed by atoms with Crippen molar-refractivity contribution in [2.24, 2.45) is 0 Å². The SMILES string of the molecule is C=CCCNC(=O)Nc1ccc(Cl)c(Cl)c1. The highest BCUT2D eigenvalue weighted by Gasteiger charge is 2.02. The summed E-state index contributed by atoms with van der Waals surface area (Å²) in [6.07, 6.45) is 2.47. The Morgan fingerprint density at radius 2 is 2.12 bits per heavy atom. The van der Waals surface area contributed by atoms with Crippen LogP contribution in [0.2, 0.25) is 10.0 Å². The summed E-state index contributed by atoms with van der Waals surface area (Å²) in [7, 11) is 0. The van der Waals surface area contributed by atoms with E-state index in [1.54, 1.807) is 24.3 Å². The number of benzene rings is 1. The van der Waals surface area contributed by atoms with Gasteiger partial charge in [-0.1, -0.05) is 29.3 Å². The molecule has 0 saturated heterocycles. The molecule has 2 N–H and O–H groups in total. The Balaban J connectivity index is 2.49. The average Bonchev–Trinajstić information content (AvgIpc) is 2.24. The molecule has 0 unspecified atom stereocenters. The molecule has 0 aliphatic carbocycles. The minimum Gasteiger partial charge on any atom is -0.338 e. The summed E-state index contributed by atoms with van der Waals surface area (Å²) in [4.78, 5) is 11.4. The summed E-state index contributed by atoms with van der Waals surface area (Å²) in [6.45, 7) is 4.11. The van der Waals surface area contributed by atoms with Gasteiger partial charge < -0.3 is 10.6 Å². The van der Waals surface area contributed by atoms with Gasteiger partial charge in [-0.3, -0.25) is 0 Å². The van der Waals surface area contributed by atoms with E-state index in [4.69, 9.17) is 23.2 Å². The van der Waals surface area contributed by atoms with Crippen molar-refractivity contribution in [1.29, 1.82) is 0 Å². The van der Waals surface area contributed by atoms with E-state index in [0.717, 1.165) is 6.42 Å². The minimum atomic E-state index is -0.278. The van der Waals surface area contributed by atoms with Gasteiger partial charge in [0.15, 0.2) is 0 Å². The van der Waals surface area contributed by atoms with Gasteiger partial charge in [-0.25, -0.2) is 4.79 Å². The highest BCUT2D eigenvalue weighted by Crippen LogP contribution is 2.24. The number of carbonyl (C=O) groups is 1. The monoisotopic (exact) mass is 258 g/mol. The Morgan fingerprint density at radius 1 is 1.38 bits per heavy atom. The molecule has 1 aromatic carbocycles. The van der Waals surface area contributed by atoms with Crippen LogP contribution in [0.25, 0.3) is 0 Å². The molecule has 1 rings (SSSR count). The molecule has 2 amide bonds. The first kappa shape index (κ1) is 12.9. The lowest BCUT2D eigenvalue weighted by Crippen LogP contribution is -2.29. The zero-order chi connectivity index (χ0) is 12.0. The van der Waals surface area contributed by atoms with E-state index in [2.05, 4.69) is 17.2 Å². The molecule has 0 aliphatic heterocycles. The lowest BCUT2D eigenvalue weighted by atomic mass is 10.3. The molecule has 0 spiro atoms. The lowest BCUT2D eigenvalue weighted by molar-refractivity contribution is 0.252. The van der Waals surface area contributed by atoms with E-state index >= 15 is 0 Å². The third kappa shape index (κ3) is 4.13. The normalized spacial score (nSPS) is 9.62. The largest absolute Gasteiger partial charge is 0.338 e. The summed E-state index contributed by atoms with van der Waals surface area (Å²) < 4.78 is 0. The predicted octanol–water partition coefficient (Wildman–Crippen LogP) is 3.69. The first-order valence-electron chi connectivity index (χ1n) is 4.74. The number of halogens is 2. The number of amides is 2. The van der Waals surface area contributed by atoms with E-state index in [1.807, 2.05) is 0 Å². The highest BCUT2D eigenvalue weighted by molar-refractivity contribution is 6.42. The van der Waals surface area contributed by atoms with Crippen molar-refractivity contribution in [1.82, 2.24) is 5.32 Å². The standard InChI is InChI=1S/C11H12Cl2N2O/c1-2-3-6-14-11(16)15-8-4-5-9(12)10(13)7-8/h2,4-5,7H,1,3,6H2,(H2,14,15,16). The predicted molar refractivity (Wildman–Crippen MR) is 68.3 cm³/mol. The Hall–Kier alpha value is -1.19. The second-order valence-corrected chi connectivity index (χ2v) is 3.90. The molecule has 0 bridgehead atoms. The van der Waals surface area contributed by atoms with Crippen molar-refractivity contribution in [2.75, 3.05) is 11.9 Å². The second-order valence-electron chi connectivity index (χ2n) is 3.09. The minimum absolute atomic E-state index is 0.278. The number of carbonyl (C=O) groups excluding carboxylic acids is 1. The van der Waals surface area contributed by atoms with Gasteiger partial charge in [0.2, 0.25) is 0 Å². The maximum absolute atomic E-state index is 11.4. The fraction of sp³-hybridized carbons (Fsp3) is 0.182. The summed E-state index contributed by atoms with van der Waals surface area (Å²) in [5.74, 6) is 0. The Labute approximate surface area is 104 Å². The lowest BCUT2D eigenvalue weighted by Gasteiger charge is -2.07. The first-order chi connectivity index (χ1) is 7.63. The van der Waals surface area contributed by atoms with Gasteiger partial charge >= 0.3 is 6.03 Å². The molecule has 3 nitrogen and oxygen atoms in total. The van der Waals surface area contributed by atoms with E-state index < -0.39 is 0 Å². The third-order valence-corrected chi connectivity index (χ3v) is 2.55. The van der Waals surface area contributed by atoms with Crippen LogP contribution < -0.4 is 10.6 Å². The molecule has 0 aromatic heterocycles. The molecule has 5 heteroatoms. The molecule has 0 heterocycles. The van der Waals surface area contributed by atoms with E-state index in [9.17, 15) is 4.79 Å². The van der Waals surface area contributed by atoms with Crippen LogP contribution in [-0.2, 0) is 0 Å². The van der Waals surface area contributed by atoms with Gasteiger partial charge in [0.25, 0.3) is 0 Å². The van der Waals surface area contributed by atoms with Crippen LogP contribution in [0.15, 0.2) is 30.9 Å².